The third kappa shape index (κ3) is 4.27. The Morgan fingerprint density at radius 2 is 2.17 bits per heavy atom. The lowest BCUT2D eigenvalue weighted by Gasteiger charge is -2.02. The minimum absolute atomic E-state index is 0.199. The Kier molecular flexibility index (Phi) is 5.40. The number of hydrogen-bond donors (Lipinski definition) is 1. The predicted molar refractivity (Wildman–Crippen MR) is 95.1 cm³/mol. The Hall–Kier alpha value is -1.61. The fourth-order valence-corrected chi connectivity index (χ4v) is 4.04. The number of rotatable bonds is 5. The molecular weight excluding hydrogens is 391 g/mol. The van der Waals surface area contributed by atoms with Gasteiger partial charge in [0.25, 0.3) is 5.91 Å². The second kappa shape index (κ2) is 7.52. The highest BCUT2D eigenvalue weighted by molar-refractivity contribution is 8.00. The number of thioether (sulfide) groups is 1. The fourth-order valence-electron chi connectivity index (χ4n) is 1.73. The molecule has 0 unspecified atom stereocenters. The fraction of sp³-hybridized carbons (Fsp3) is 0.143. The molecule has 3 aromatic rings. The Labute approximate surface area is 155 Å². The zero-order valence-corrected chi connectivity index (χ0v) is 15.4. The van der Waals surface area contributed by atoms with Crippen molar-refractivity contribution < 1.29 is 9.32 Å². The molecule has 24 heavy (non-hydrogen) atoms. The van der Waals surface area contributed by atoms with Gasteiger partial charge in [-0.05, 0) is 24.6 Å². The first-order valence-electron chi connectivity index (χ1n) is 6.66. The molecule has 124 valence electrons. The second-order valence-corrected chi connectivity index (χ2v) is 7.72. The average molecular weight is 401 g/mol. The van der Waals surface area contributed by atoms with Crippen molar-refractivity contribution in [2.75, 3.05) is 5.32 Å². The normalized spacial score (nSPS) is 10.8. The molecule has 0 spiro atoms. The van der Waals surface area contributed by atoms with E-state index >= 15 is 0 Å². The van der Waals surface area contributed by atoms with Gasteiger partial charge in [0.05, 0.1) is 0 Å². The first kappa shape index (κ1) is 17.2. The van der Waals surface area contributed by atoms with E-state index in [4.69, 9.17) is 27.7 Å². The molecule has 1 aromatic carbocycles. The van der Waals surface area contributed by atoms with Crippen LogP contribution in [-0.4, -0.2) is 21.3 Å². The SMILES string of the molecule is Cc1cc(C(=O)Nc2nnc(SCc3ccc(Cl)cc3Cl)s2)no1. The summed E-state index contributed by atoms with van der Waals surface area (Å²) in [5.74, 6) is 0.801. The van der Waals surface area contributed by atoms with E-state index < -0.39 is 0 Å². The third-order valence-corrected chi connectivity index (χ3v) is 5.46. The summed E-state index contributed by atoms with van der Waals surface area (Å²) in [5, 5.41) is 15.9. The van der Waals surface area contributed by atoms with E-state index in [9.17, 15) is 4.79 Å². The lowest BCUT2D eigenvalue weighted by Crippen LogP contribution is -2.11. The van der Waals surface area contributed by atoms with Crippen LogP contribution in [0.2, 0.25) is 10.0 Å². The van der Waals surface area contributed by atoms with Crippen molar-refractivity contribution in [3.63, 3.8) is 0 Å². The van der Waals surface area contributed by atoms with Crippen LogP contribution in [0.4, 0.5) is 5.13 Å². The van der Waals surface area contributed by atoms with Crippen LogP contribution in [0.25, 0.3) is 0 Å². The number of amides is 1. The van der Waals surface area contributed by atoms with E-state index in [0.717, 1.165) is 5.56 Å². The summed E-state index contributed by atoms with van der Waals surface area (Å²) >= 11 is 14.8. The summed E-state index contributed by atoms with van der Waals surface area (Å²) in [6, 6.07) is 6.91. The Morgan fingerprint density at radius 1 is 1.33 bits per heavy atom. The van der Waals surface area contributed by atoms with E-state index in [0.29, 0.717) is 31.0 Å². The predicted octanol–water partition coefficient (Wildman–Crippen LogP) is 4.69. The van der Waals surface area contributed by atoms with Crippen LogP contribution in [0.3, 0.4) is 0 Å². The van der Waals surface area contributed by atoms with Gasteiger partial charge >= 0.3 is 0 Å². The number of benzene rings is 1. The monoisotopic (exact) mass is 400 g/mol. The van der Waals surface area contributed by atoms with Crippen LogP contribution in [0, 0.1) is 6.92 Å². The molecule has 6 nitrogen and oxygen atoms in total. The molecule has 2 heterocycles. The number of halogens is 2. The first-order valence-corrected chi connectivity index (χ1v) is 9.22. The Morgan fingerprint density at radius 3 is 2.88 bits per heavy atom. The molecular formula is C14H10Cl2N4O2S2. The number of carbonyl (C=O) groups is 1. The molecule has 0 bridgehead atoms. The Bertz CT molecular complexity index is 881. The zero-order chi connectivity index (χ0) is 17.1. The molecule has 0 aliphatic rings. The molecule has 0 saturated heterocycles. The maximum atomic E-state index is 12.0. The highest BCUT2D eigenvalue weighted by Crippen LogP contribution is 2.31. The summed E-state index contributed by atoms with van der Waals surface area (Å²) in [6.07, 6.45) is 0. The molecule has 10 heteroatoms. The van der Waals surface area contributed by atoms with Crippen molar-refractivity contribution in [2.24, 2.45) is 0 Å². The first-order chi connectivity index (χ1) is 11.5. The molecule has 0 radical (unpaired) electrons. The van der Waals surface area contributed by atoms with Crippen LogP contribution in [-0.2, 0) is 5.75 Å². The van der Waals surface area contributed by atoms with Crippen molar-refractivity contribution in [1.82, 2.24) is 15.4 Å². The average Bonchev–Trinajstić information content (AvgIpc) is 3.15. The van der Waals surface area contributed by atoms with Gasteiger partial charge in [-0.25, -0.2) is 0 Å². The van der Waals surface area contributed by atoms with Crippen LogP contribution >= 0.6 is 46.3 Å². The molecule has 0 fully saturated rings. The quantitative estimate of drug-likeness (QED) is 0.494. The van der Waals surface area contributed by atoms with Crippen LogP contribution < -0.4 is 5.32 Å². The van der Waals surface area contributed by atoms with Crippen LogP contribution in [0.1, 0.15) is 21.8 Å². The number of nitrogens with zero attached hydrogens (tertiary/aromatic N) is 3. The number of aryl methyl sites for hydroxylation is 1. The highest BCUT2D eigenvalue weighted by atomic mass is 35.5. The molecule has 0 aliphatic heterocycles. The molecule has 0 aliphatic carbocycles. The van der Waals surface area contributed by atoms with Gasteiger partial charge < -0.3 is 4.52 Å². The molecule has 2 aromatic heterocycles. The van der Waals surface area contributed by atoms with Crippen molar-refractivity contribution in [3.05, 3.63) is 51.3 Å². The van der Waals surface area contributed by atoms with E-state index in [1.165, 1.54) is 23.1 Å². The number of aromatic nitrogens is 3. The summed E-state index contributed by atoms with van der Waals surface area (Å²) in [4.78, 5) is 12.0. The second-order valence-electron chi connectivity index (χ2n) is 4.67. The number of carbonyl (C=O) groups excluding carboxylic acids is 1. The van der Waals surface area contributed by atoms with Crippen molar-refractivity contribution in [3.8, 4) is 0 Å². The third-order valence-electron chi connectivity index (χ3n) is 2.85. The van der Waals surface area contributed by atoms with Crippen molar-refractivity contribution >= 4 is 57.3 Å². The maximum absolute atomic E-state index is 12.0. The molecule has 3 rings (SSSR count). The van der Waals surface area contributed by atoms with Gasteiger partial charge in [0.15, 0.2) is 10.0 Å². The zero-order valence-electron chi connectivity index (χ0n) is 12.2. The largest absolute Gasteiger partial charge is 0.361 e. The van der Waals surface area contributed by atoms with Crippen molar-refractivity contribution in [2.45, 2.75) is 17.0 Å². The van der Waals surface area contributed by atoms with Gasteiger partial charge in [0.2, 0.25) is 5.13 Å². The van der Waals surface area contributed by atoms with Crippen LogP contribution in [0.5, 0.6) is 0 Å². The van der Waals surface area contributed by atoms with Gasteiger partial charge in [0.1, 0.15) is 5.76 Å². The number of nitrogens with one attached hydrogen (secondary N) is 1. The van der Waals surface area contributed by atoms with Gasteiger partial charge in [-0.15, -0.1) is 10.2 Å². The van der Waals surface area contributed by atoms with Gasteiger partial charge in [-0.1, -0.05) is 57.5 Å². The lowest BCUT2D eigenvalue weighted by atomic mass is 10.2. The topological polar surface area (TPSA) is 80.9 Å². The van der Waals surface area contributed by atoms with Gasteiger partial charge in [-0.2, -0.15) is 0 Å². The maximum Gasteiger partial charge on any atom is 0.279 e. The standard InChI is InChI=1S/C14H10Cl2N4O2S2/c1-7-4-11(20-22-7)12(21)17-13-18-19-14(24-13)23-6-8-2-3-9(15)5-10(8)16/h2-5H,6H2,1H3,(H,17,18,21). The summed E-state index contributed by atoms with van der Waals surface area (Å²) < 4.78 is 5.58. The lowest BCUT2D eigenvalue weighted by molar-refractivity contribution is 0.101. The van der Waals surface area contributed by atoms with Gasteiger partial charge in [0, 0.05) is 21.9 Å². The minimum atomic E-state index is -0.389. The summed E-state index contributed by atoms with van der Waals surface area (Å²) in [5.41, 5.74) is 1.15. The highest BCUT2D eigenvalue weighted by Gasteiger charge is 2.14. The van der Waals surface area contributed by atoms with Crippen LogP contribution in [0.15, 0.2) is 33.1 Å². The number of anilines is 1. The molecule has 0 saturated carbocycles. The van der Waals surface area contributed by atoms with E-state index in [1.54, 1.807) is 25.1 Å². The summed E-state index contributed by atoms with van der Waals surface area (Å²) in [7, 11) is 0. The smallest absolute Gasteiger partial charge is 0.279 e. The van der Waals surface area contributed by atoms with E-state index in [1.807, 2.05) is 6.07 Å². The summed E-state index contributed by atoms with van der Waals surface area (Å²) in [6.45, 7) is 1.71. The minimum Gasteiger partial charge on any atom is -0.361 e. The van der Waals surface area contributed by atoms with E-state index in [-0.39, 0.29) is 11.6 Å². The van der Waals surface area contributed by atoms with Gasteiger partial charge in [-0.3, -0.25) is 10.1 Å². The molecule has 1 amide bonds. The Balaban J connectivity index is 1.60. The molecule has 0 atom stereocenters. The van der Waals surface area contributed by atoms with Crippen molar-refractivity contribution in [1.29, 1.82) is 0 Å². The number of hydrogen-bond acceptors (Lipinski definition) is 7. The molecule has 1 N–H and O–H groups in total. The van der Waals surface area contributed by atoms with E-state index in [2.05, 4.69) is 20.7 Å².